The molecule has 19 heavy (non-hydrogen) atoms. The first-order valence-corrected chi connectivity index (χ1v) is 6.28. The fourth-order valence-electron chi connectivity index (χ4n) is 2.04. The highest BCUT2D eigenvalue weighted by atomic mass is 19.4. The predicted molar refractivity (Wildman–Crippen MR) is 69.6 cm³/mol. The Kier molecular flexibility index (Phi) is 4.97. The quantitative estimate of drug-likeness (QED) is 0.751. The van der Waals surface area contributed by atoms with Gasteiger partial charge in [-0.2, -0.15) is 13.2 Å². The lowest BCUT2D eigenvalue weighted by Gasteiger charge is -2.32. The van der Waals surface area contributed by atoms with E-state index in [2.05, 4.69) is 0 Å². The number of anilines is 1. The standard InChI is InChI=1S/C14H18F3NO/c1-4-10(3)18(5-2)13-7-6-11(9-19)8-12(13)14(15,16)17/h6-10H,4-5H2,1-3H3. The van der Waals surface area contributed by atoms with Crippen LogP contribution in [-0.2, 0) is 6.18 Å². The number of rotatable bonds is 5. The molecule has 0 saturated heterocycles. The minimum Gasteiger partial charge on any atom is -0.369 e. The van der Waals surface area contributed by atoms with Gasteiger partial charge in [-0.25, -0.2) is 0 Å². The molecule has 0 saturated carbocycles. The average molecular weight is 273 g/mol. The molecular formula is C14H18F3NO. The third-order valence-electron chi connectivity index (χ3n) is 3.24. The summed E-state index contributed by atoms with van der Waals surface area (Å²) in [5.74, 6) is 0. The van der Waals surface area contributed by atoms with Gasteiger partial charge in [0.15, 0.2) is 0 Å². The molecule has 0 aromatic heterocycles. The molecule has 0 spiro atoms. The van der Waals surface area contributed by atoms with E-state index >= 15 is 0 Å². The van der Waals surface area contributed by atoms with Crippen LogP contribution in [0.4, 0.5) is 18.9 Å². The van der Waals surface area contributed by atoms with Gasteiger partial charge in [0.25, 0.3) is 0 Å². The van der Waals surface area contributed by atoms with Gasteiger partial charge < -0.3 is 4.90 Å². The van der Waals surface area contributed by atoms with Gasteiger partial charge in [0.05, 0.1) is 5.56 Å². The Labute approximate surface area is 111 Å². The molecule has 0 aliphatic rings. The number of aldehydes is 1. The topological polar surface area (TPSA) is 20.3 Å². The van der Waals surface area contributed by atoms with E-state index in [-0.39, 0.29) is 17.3 Å². The second-order valence-corrected chi connectivity index (χ2v) is 4.44. The molecule has 0 radical (unpaired) electrons. The summed E-state index contributed by atoms with van der Waals surface area (Å²) in [5, 5.41) is 0. The molecule has 106 valence electrons. The van der Waals surface area contributed by atoms with Gasteiger partial charge in [0.1, 0.15) is 6.29 Å². The molecule has 1 rings (SSSR count). The minimum atomic E-state index is -4.46. The van der Waals surface area contributed by atoms with Gasteiger partial charge >= 0.3 is 6.18 Å². The van der Waals surface area contributed by atoms with Crippen LogP contribution in [-0.4, -0.2) is 18.9 Å². The van der Waals surface area contributed by atoms with Crippen LogP contribution >= 0.6 is 0 Å². The normalized spacial score (nSPS) is 13.2. The maximum Gasteiger partial charge on any atom is 0.418 e. The summed E-state index contributed by atoms with van der Waals surface area (Å²) < 4.78 is 39.3. The van der Waals surface area contributed by atoms with Crippen molar-refractivity contribution >= 4 is 12.0 Å². The fourth-order valence-corrected chi connectivity index (χ4v) is 2.04. The van der Waals surface area contributed by atoms with Crippen LogP contribution in [0.5, 0.6) is 0 Å². The fraction of sp³-hybridized carbons (Fsp3) is 0.500. The second kappa shape index (κ2) is 6.08. The zero-order valence-corrected chi connectivity index (χ0v) is 11.3. The first-order valence-electron chi connectivity index (χ1n) is 6.28. The van der Waals surface area contributed by atoms with Crippen molar-refractivity contribution in [3.8, 4) is 0 Å². The van der Waals surface area contributed by atoms with Crippen molar-refractivity contribution in [3.05, 3.63) is 29.3 Å². The van der Waals surface area contributed by atoms with Gasteiger partial charge in [-0.3, -0.25) is 4.79 Å². The third-order valence-corrected chi connectivity index (χ3v) is 3.24. The smallest absolute Gasteiger partial charge is 0.369 e. The Morgan fingerprint density at radius 1 is 1.32 bits per heavy atom. The van der Waals surface area contributed by atoms with Crippen molar-refractivity contribution in [2.24, 2.45) is 0 Å². The first kappa shape index (κ1) is 15.5. The van der Waals surface area contributed by atoms with Crippen LogP contribution in [0.2, 0.25) is 0 Å². The zero-order chi connectivity index (χ0) is 14.6. The van der Waals surface area contributed by atoms with Crippen molar-refractivity contribution in [1.82, 2.24) is 0 Å². The number of halogens is 3. The van der Waals surface area contributed by atoms with E-state index in [4.69, 9.17) is 0 Å². The molecule has 0 amide bonds. The maximum absolute atomic E-state index is 13.1. The lowest BCUT2D eigenvalue weighted by atomic mass is 10.1. The molecule has 0 aliphatic carbocycles. The van der Waals surface area contributed by atoms with Gasteiger partial charge in [-0.05, 0) is 38.5 Å². The summed E-state index contributed by atoms with van der Waals surface area (Å²) in [4.78, 5) is 12.4. The third kappa shape index (κ3) is 3.49. The molecule has 1 aromatic rings. The Balaban J connectivity index is 3.36. The van der Waals surface area contributed by atoms with E-state index < -0.39 is 11.7 Å². The maximum atomic E-state index is 13.1. The van der Waals surface area contributed by atoms with Crippen LogP contribution < -0.4 is 4.90 Å². The average Bonchev–Trinajstić information content (AvgIpc) is 2.38. The number of nitrogens with zero attached hydrogens (tertiary/aromatic N) is 1. The van der Waals surface area contributed by atoms with Gasteiger partial charge in [0, 0.05) is 23.8 Å². The van der Waals surface area contributed by atoms with Crippen molar-refractivity contribution < 1.29 is 18.0 Å². The Morgan fingerprint density at radius 2 is 1.95 bits per heavy atom. The summed E-state index contributed by atoms with van der Waals surface area (Å²) in [6.07, 6.45) is -3.28. The molecule has 1 atom stereocenters. The van der Waals surface area contributed by atoms with Crippen LogP contribution in [0, 0.1) is 0 Å². The lowest BCUT2D eigenvalue weighted by molar-refractivity contribution is -0.137. The highest BCUT2D eigenvalue weighted by molar-refractivity contribution is 5.77. The van der Waals surface area contributed by atoms with Crippen molar-refractivity contribution in [2.45, 2.75) is 39.4 Å². The van der Waals surface area contributed by atoms with Gasteiger partial charge in [0.2, 0.25) is 0 Å². The van der Waals surface area contributed by atoms with E-state index in [1.54, 1.807) is 4.90 Å². The molecule has 0 bridgehead atoms. The predicted octanol–water partition coefficient (Wildman–Crippen LogP) is 4.14. The number of alkyl halides is 3. The van der Waals surface area contributed by atoms with Crippen molar-refractivity contribution in [2.75, 3.05) is 11.4 Å². The molecule has 5 heteroatoms. The van der Waals surface area contributed by atoms with Crippen molar-refractivity contribution in [1.29, 1.82) is 0 Å². The molecule has 0 fully saturated rings. The van der Waals surface area contributed by atoms with E-state index in [9.17, 15) is 18.0 Å². The molecule has 1 unspecified atom stereocenters. The van der Waals surface area contributed by atoms with E-state index in [0.29, 0.717) is 12.8 Å². The molecule has 2 nitrogen and oxygen atoms in total. The highest BCUT2D eigenvalue weighted by Gasteiger charge is 2.35. The summed E-state index contributed by atoms with van der Waals surface area (Å²) in [6.45, 7) is 6.12. The molecule has 1 aromatic carbocycles. The van der Waals surface area contributed by atoms with Crippen LogP contribution in [0.15, 0.2) is 18.2 Å². The van der Waals surface area contributed by atoms with E-state index in [0.717, 1.165) is 12.5 Å². The summed E-state index contributed by atoms with van der Waals surface area (Å²) in [5.41, 5.74) is -0.578. The lowest BCUT2D eigenvalue weighted by Crippen LogP contribution is -2.34. The first-order chi connectivity index (χ1) is 8.85. The SMILES string of the molecule is CCC(C)N(CC)c1ccc(C=O)cc1C(F)(F)F. The number of hydrogen-bond acceptors (Lipinski definition) is 2. The van der Waals surface area contributed by atoms with E-state index in [1.165, 1.54) is 12.1 Å². The number of carbonyl (C=O) groups excluding carboxylic acids is 1. The molecule has 0 heterocycles. The Hall–Kier alpha value is -1.52. The highest BCUT2D eigenvalue weighted by Crippen LogP contribution is 2.37. The summed E-state index contributed by atoms with van der Waals surface area (Å²) >= 11 is 0. The van der Waals surface area contributed by atoms with Gasteiger partial charge in [-0.1, -0.05) is 6.92 Å². The minimum absolute atomic E-state index is 0.00758. The number of carbonyl (C=O) groups is 1. The molecule has 0 aliphatic heterocycles. The molecular weight excluding hydrogens is 255 g/mol. The zero-order valence-electron chi connectivity index (χ0n) is 11.3. The van der Waals surface area contributed by atoms with Crippen LogP contribution in [0.1, 0.15) is 43.1 Å². The monoisotopic (exact) mass is 273 g/mol. The summed E-state index contributed by atoms with van der Waals surface area (Å²) in [6, 6.07) is 3.71. The van der Waals surface area contributed by atoms with Crippen molar-refractivity contribution in [3.63, 3.8) is 0 Å². The Bertz CT molecular complexity index is 443. The number of hydrogen-bond donors (Lipinski definition) is 0. The van der Waals surface area contributed by atoms with Crippen LogP contribution in [0.25, 0.3) is 0 Å². The largest absolute Gasteiger partial charge is 0.418 e. The van der Waals surface area contributed by atoms with Crippen LogP contribution in [0.3, 0.4) is 0 Å². The number of benzene rings is 1. The summed E-state index contributed by atoms with van der Waals surface area (Å²) in [7, 11) is 0. The second-order valence-electron chi connectivity index (χ2n) is 4.44. The van der Waals surface area contributed by atoms with E-state index in [1.807, 2.05) is 20.8 Å². The molecule has 0 N–H and O–H groups in total. The Morgan fingerprint density at radius 3 is 2.37 bits per heavy atom. The van der Waals surface area contributed by atoms with Gasteiger partial charge in [-0.15, -0.1) is 0 Å².